The number of aromatic nitrogens is 2. The molecule has 2 aromatic rings. The maximum Gasteiger partial charge on any atom is 0.183 e. The first-order chi connectivity index (χ1) is 12.9. The van der Waals surface area contributed by atoms with Gasteiger partial charge in [0.1, 0.15) is 11.4 Å². The zero-order chi connectivity index (χ0) is 20.0. The third-order valence-corrected chi connectivity index (χ3v) is 4.67. The first-order valence-corrected chi connectivity index (χ1v) is 9.53. The van der Waals surface area contributed by atoms with Crippen molar-refractivity contribution < 1.29 is 9.53 Å². The van der Waals surface area contributed by atoms with E-state index in [2.05, 4.69) is 37.2 Å². The number of methoxy groups -OCH3 is 1. The highest BCUT2D eigenvalue weighted by molar-refractivity contribution is 5.94. The lowest BCUT2D eigenvalue weighted by Crippen LogP contribution is -2.06. The summed E-state index contributed by atoms with van der Waals surface area (Å²) in [5.41, 5.74) is 5.74. The fourth-order valence-electron chi connectivity index (χ4n) is 2.82. The molecule has 0 saturated heterocycles. The summed E-state index contributed by atoms with van der Waals surface area (Å²) in [6, 6.07) is 7.99. The molecule has 4 nitrogen and oxygen atoms in total. The number of carbonyl (C=O) groups excluding carboxylic acids is 1. The van der Waals surface area contributed by atoms with Crippen LogP contribution in [0, 0.1) is 13.8 Å². The van der Waals surface area contributed by atoms with Crippen molar-refractivity contribution in [1.29, 1.82) is 0 Å². The van der Waals surface area contributed by atoms with Gasteiger partial charge in [-0.2, -0.15) is 5.10 Å². The second-order valence-electron chi connectivity index (χ2n) is 6.86. The summed E-state index contributed by atoms with van der Waals surface area (Å²) >= 11 is 0. The normalized spacial score (nSPS) is 12.4. The van der Waals surface area contributed by atoms with Crippen LogP contribution in [-0.4, -0.2) is 22.7 Å². The highest BCUT2D eigenvalue weighted by Crippen LogP contribution is 2.26. The number of ether oxygens (including phenoxy) is 1. The fourth-order valence-corrected chi connectivity index (χ4v) is 2.82. The molecule has 144 valence electrons. The van der Waals surface area contributed by atoms with Crippen molar-refractivity contribution in [2.45, 2.75) is 53.9 Å². The Morgan fingerprint density at radius 2 is 1.93 bits per heavy atom. The predicted molar refractivity (Wildman–Crippen MR) is 111 cm³/mol. The number of carbonyl (C=O) groups is 1. The first kappa shape index (κ1) is 20.7. The van der Waals surface area contributed by atoms with Gasteiger partial charge in [-0.1, -0.05) is 37.6 Å². The molecular formula is C23H30N2O2. The van der Waals surface area contributed by atoms with Crippen LogP contribution in [0.4, 0.5) is 0 Å². The van der Waals surface area contributed by atoms with E-state index in [1.165, 1.54) is 5.57 Å². The van der Waals surface area contributed by atoms with Gasteiger partial charge in [0.2, 0.25) is 0 Å². The van der Waals surface area contributed by atoms with Gasteiger partial charge < -0.3 is 4.74 Å². The van der Waals surface area contributed by atoms with Gasteiger partial charge in [0.15, 0.2) is 5.78 Å². The van der Waals surface area contributed by atoms with Crippen LogP contribution in [0.15, 0.2) is 42.0 Å². The molecule has 0 fully saturated rings. The second kappa shape index (κ2) is 9.36. The zero-order valence-corrected chi connectivity index (χ0v) is 17.3. The number of Topliss-reactive ketones (excluding diaryl/α,β-unsaturated/α-hetero) is 1. The van der Waals surface area contributed by atoms with Gasteiger partial charge in [-0.25, -0.2) is 4.68 Å². The average molecular weight is 367 g/mol. The Hall–Kier alpha value is -2.62. The molecule has 1 aromatic carbocycles. The summed E-state index contributed by atoms with van der Waals surface area (Å²) in [5.74, 6) is 0.919. The lowest BCUT2D eigenvalue weighted by atomic mass is 10.1. The molecule has 0 aliphatic heterocycles. The molecule has 0 N–H and O–H groups in total. The molecular weight excluding hydrogens is 336 g/mol. The topological polar surface area (TPSA) is 44.1 Å². The maximum absolute atomic E-state index is 12.3. The van der Waals surface area contributed by atoms with E-state index in [4.69, 9.17) is 4.74 Å². The summed E-state index contributed by atoms with van der Waals surface area (Å²) in [4.78, 5) is 12.3. The summed E-state index contributed by atoms with van der Waals surface area (Å²) in [5, 5.41) is 4.62. The molecule has 0 aliphatic rings. The number of rotatable bonds is 8. The molecule has 0 atom stereocenters. The van der Waals surface area contributed by atoms with Crippen LogP contribution in [0.3, 0.4) is 0 Å². The quantitative estimate of drug-likeness (QED) is 0.442. The van der Waals surface area contributed by atoms with Gasteiger partial charge >= 0.3 is 0 Å². The van der Waals surface area contributed by atoms with Gasteiger partial charge in [-0.3, -0.25) is 4.79 Å². The average Bonchev–Trinajstić information content (AvgIpc) is 3.04. The Bertz CT molecular complexity index is 872. The number of hydrogen-bond donors (Lipinski definition) is 0. The SMILES string of the molecule is CCCC(=O)c1cc(C)n(/C(=C\C=C(C)CC)c2ccc(C)c(OC)c2)n1. The molecule has 0 amide bonds. The highest BCUT2D eigenvalue weighted by Gasteiger charge is 2.15. The van der Waals surface area contributed by atoms with Crippen LogP contribution in [-0.2, 0) is 0 Å². The minimum absolute atomic E-state index is 0.0838. The fraction of sp³-hybridized carbons (Fsp3) is 0.391. The molecule has 4 heteroatoms. The van der Waals surface area contributed by atoms with Gasteiger partial charge in [0.05, 0.1) is 12.8 Å². The molecule has 0 radical (unpaired) electrons. The number of ketones is 1. The smallest absolute Gasteiger partial charge is 0.183 e. The number of hydrogen-bond acceptors (Lipinski definition) is 3. The van der Waals surface area contributed by atoms with Crippen LogP contribution in [0.25, 0.3) is 5.70 Å². The van der Waals surface area contributed by atoms with Gasteiger partial charge in [0, 0.05) is 17.7 Å². The molecule has 27 heavy (non-hydrogen) atoms. The molecule has 0 aliphatic carbocycles. The van der Waals surface area contributed by atoms with E-state index >= 15 is 0 Å². The minimum Gasteiger partial charge on any atom is -0.496 e. The monoisotopic (exact) mass is 366 g/mol. The summed E-state index contributed by atoms with van der Waals surface area (Å²) in [7, 11) is 1.68. The highest BCUT2D eigenvalue weighted by atomic mass is 16.5. The molecule has 1 heterocycles. The molecule has 0 spiro atoms. The Labute approximate surface area is 162 Å². The van der Waals surface area contributed by atoms with E-state index in [1.54, 1.807) is 7.11 Å². The van der Waals surface area contributed by atoms with Crippen molar-refractivity contribution in [3.05, 3.63) is 64.5 Å². The van der Waals surface area contributed by atoms with Gasteiger partial charge in [-0.15, -0.1) is 0 Å². The third-order valence-electron chi connectivity index (χ3n) is 4.67. The Morgan fingerprint density at radius 1 is 1.19 bits per heavy atom. The standard InChI is InChI=1S/C23H30N2O2/c1-7-9-22(26)20-14-18(5)25(24-20)21(13-10-16(3)8-2)19-12-11-17(4)23(15-19)27-6/h10-15H,7-9H2,1-6H3/b16-10?,21-13-. The number of allylic oxidation sites excluding steroid dienone is 3. The summed E-state index contributed by atoms with van der Waals surface area (Å²) in [6.07, 6.45) is 6.50. The van der Waals surface area contributed by atoms with E-state index in [9.17, 15) is 4.79 Å². The van der Waals surface area contributed by atoms with E-state index in [0.717, 1.165) is 41.1 Å². The van der Waals surface area contributed by atoms with Crippen LogP contribution in [0.2, 0.25) is 0 Å². The van der Waals surface area contributed by atoms with Crippen LogP contribution in [0.1, 0.15) is 67.3 Å². The van der Waals surface area contributed by atoms with Crippen LogP contribution >= 0.6 is 0 Å². The van der Waals surface area contributed by atoms with Crippen molar-refractivity contribution in [1.82, 2.24) is 9.78 Å². The van der Waals surface area contributed by atoms with Crippen molar-refractivity contribution in [3.63, 3.8) is 0 Å². The largest absolute Gasteiger partial charge is 0.496 e. The van der Waals surface area contributed by atoms with E-state index < -0.39 is 0 Å². The molecule has 1 aromatic heterocycles. The van der Waals surface area contributed by atoms with Gasteiger partial charge in [-0.05, 0) is 57.4 Å². The van der Waals surface area contributed by atoms with E-state index in [-0.39, 0.29) is 5.78 Å². The lowest BCUT2D eigenvalue weighted by molar-refractivity contribution is 0.0976. The number of benzene rings is 1. The lowest BCUT2D eigenvalue weighted by Gasteiger charge is -2.13. The minimum atomic E-state index is 0.0838. The predicted octanol–water partition coefficient (Wildman–Crippen LogP) is 5.74. The van der Waals surface area contributed by atoms with Crippen LogP contribution < -0.4 is 4.74 Å². The summed E-state index contributed by atoms with van der Waals surface area (Å²) in [6.45, 7) is 10.2. The Balaban J connectivity index is 2.59. The molecule has 2 rings (SSSR count). The van der Waals surface area contributed by atoms with E-state index in [1.807, 2.05) is 43.7 Å². The molecule has 0 bridgehead atoms. The first-order valence-electron chi connectivity index (χ1n) is 9.53. The number of aryl methyl sites for hydroxylation is 2. The van der Waals surface area contributed by atoms with Gasteiger partial charge in [0.25, 0.3) is 0 Å². The van der Waals surface area contributed by atoms with Crippen molar-refractivity contribution in [2.24, 2.45) is 0 Å². The second-order valence-corrected chi connectivity index (χ2v) is 6.86. The van der Waals surface area contributed by atoms with E-state index in [0.29, 0.717) is 12.1 Å². The maximum atomic E-state index is 12.3. The summed E-state index contributed by atoms with van der Waals surface area (Å²) < 4.78 is 7.35. The van der Waals surface area contributed by atoms with Crippen LogP contribution in [0.5, 0.6) is 5.75 Å². The number of nitrogens with zero attached hydrogens (tertiary/aromatic N) is 2. The third kappa shape index (κ3) is 4.97. The zero-order valence-electron chi connectivity index (χ0n) is 17.3. The Kier molecular flexibility index (Phi) is 7.17. The Morgan fingerprint density at radius 3 is 2.56 bits per heavy atom. The van der Waals surface area contributed by atoms with Crippen molar-refractivity contribution in [2.75, 3.05) is 7.11 Å². The van der Waals surface area contributed by atoms with Crippen molar-refractivity contribution in [3.8, 4) is 5.75 Å². The van der Waals surface area contributed by atoms with Crippen molar-refractivity contribution >= 4 is 11.5 Å². The molecule has 0 saturated carbocycles. The molecule has 0 unspecified atom stereocenters.